The molecule has 6 nitrogen and oxygen atoms in total. The summed E-state index contributed by atoms with van der Waals surface area (Å²) in [6.45, 7) is 3.68. The summed E-state index contributed by atoms with van der Waals surface area (Å²) < 4.78 is 7.16. The molecule has 0 aliphatic carbocycles. The van der Waals surface area contributed by atoms with Gasteiger partial charge in [0, 0.05) is 58.0 Å². The lowest BCUT2D eigenvalue weighted by atomic mass is 10.1. The molecule has 0 unspecified atom stereocenters. The third-order valence-corrected chi connectivity index (χ3v) is 4.91. The summed E-state index contributed by atoms with van der Waals surface area (Å²) in [5.74, 6) is -0.0502. The van der Waals surface area contributed by atoms with E-state index in [1.807, 2.05) is 6.07 Å². The van der Waals surface area contributed by atoms with Crippen molar-refractivity contribution in [1.82, 2.24) is 14.4 Å². The lowest BCUT2D eigenvalue weighted by Crippen LogP contribution is -2.37. The molecule has 0 N–H and O–H groups in total. The number of aromatic nitrogens is 1. The van der Waals surface area contributed by atoms with Crippen molar-refractivity contribution < 1.29 is 9.53 Å². The number of nitrogens with zero attached hydrogens (tertiary/aromatic N) is 3. The molecule has 1 fully saturated rings. The van der Waals surface area contributed by atoms with Gasteiger partial charge in [0.2, 0.25) is 5.91 Å². The number of ether oxygens (including phenoxy) is 1. The SMILES string of the molecule is CN(C)C(=O)Cn1c2c(ccc1=O)CCN([C@H]1CCOC1)CC2. The Labute approximate surface area is 136 Å². The van der Waals surface area contributed by atoms with E-state index < -0.39 is 0 Å². The highest BCUT2D eigenvalue weighted by molar-refractivity contribution is 5.75. The molecule has 1 atom stereocenters. The summed E-state index contributed by atoms with van der Waals surface area (Å²) in [5.41, 5.74) is 2.13. The van der Waals surface area contributed by atoms with Crippen LogP contribution in [0.4, 0.5) is 0 Å². The van der Waals surface area contributed by atoms with E-state index in [9.17, 15) is 9.59 Å². The predicted octanol–water partition coefficient (Wildman–Crippen LogP) is 0.126. The Morgan fingerprint density at radius 1 is 1.30 bits per heavy atom. The second-order valence-corrected chi connectivity index (χ2v) is 6.57. The van der Waals surface area contributed by atoms with Crippen molar-refractivity contribution in [2.45, 2.75) is 31.8 Å². The number of hydrogen-bond acceptors (Lipinski definition) is 4. The molecule has 2 aliphatic heterocycles. The van der Waals surface area contributed by atoms with Gasteiger partial charge in [-0.1, -0.05) is 6.07 Å². The first-order valence-corrected chi connectivity index (χ1v) is 8.30. The van der Waals surface area contributed by atoms with Crippen LogP contribution in [0.25, 0.3) is 0 Å². The number of rotatable bonds is 3. The van der Waals surface area contributed by atoms with Crippen molar-refractivity contribution in [2.24, 2.45) is 0 Å². The maximum atomic E-state index is 12.3. The van der Waals surface area contributed by atoms with Gasteiger partial charge in [0.1, 0.15) is 6.54 Å². The van der Waals surface area contributed by atoms with Crippen LogP contribution >= 0.6 is 0 Å². The average Bonchev–Trinajstić information content (AvgIpc) is 2.97. The molecule has 1 aromatic rings. The maximum absolute atomic E-state index is 12.3. The number of amides is 1. The van der Waals surface area contributed by atoms with Crippen LogP contribution in [-0.2, 0) is 28.9 Å². The van der Waals surface area contributed by atoms with E-state index in [0.717, 1.165) is 51.3 Å². The van der Waals surface area contributed by atoms with Crippen LogP contribution in [0, 0.1) is 0 Å². The Hall–Kier alpha value is -1.66. The lowest BCUT2D eigenvalue weighted by molar-refractivity contribution is -0.129. The highest BCUT2D eigenvalue weighted by Crippen LogP contribution is 2.19. The maximum Gasteiger partial charge on any atom is 0.251 e. The highest BCUT2D eigenvalue weighted by Gasteiger charge is 2.26. The molecular formula is C17H25N3O3. The topological polar surface area (TPSA) is 54.8 Å². The van der Waals surface area contributed by atoms with E-state index in [4.69, 9.17) is 4.74 Å². The Morgan fingerprint density at radius 3 is 2.78 bits per heavy atom. The van der Waals surface area contributed by atoms with Crippen LogP contribution in [0.2, 0.25) is 0 Å². The van der Waals surface area contributed by atoms with E-state index in [2.05, 4.69) is 4.90 Å². The molecule has 0 radical (unpaired) electrons. The van der Waals surface area contributed by atoms with E-state index >= 15 is 0 Å². The zero-order valence-corrected chi connectivity index (χ0v) is 14.0. The fourth-order valence-electron chi connectivity index (χ4n) is 3.44. The summed E-state index contributed by atoms with van der Waals surface area (Å²) in [7, 11) is 3.44. The number of carbonyl (C=O) groups is 1. The van der Waals surface area contributed by atoms with Gasteiger partial charge in [0.25, 0.3) is 5.56 Å². The smallest absolute Gasteiger partial charge is 0.251 e. The molecular weight excluding hydrogens is 294 g/mol. The number of hydrogen-bond donors (Lipinski definition) is 0. The molecule has 0 spiro atoms. The van der Waals surface area contributed by atoms with Gasteiger partial charge < -0.3 is 14.2 Å². The van der Waals surface area contributed by atoms with E-state index in [1.165, 1.54) is 10.5 Å². The predicted molar refractivity (Wildman–Crippen MR) is 87.6 cm³/mol. The van der Waals surface area contributed by atoms with E-state index in [-0.39, 0.29) is 18.0 Å². The van der Waals surface area contributed by atoms with Crippen LogP contribution in [0.5, 0.6) is 0 Å². The van der Waals surface area contributed by atoms with Gasteiger partial charge in [-0.05, 0) is 18.4 Å². The molecule has 126 valence electrons. The van der Waals surface area contributed by atoms with Crippen molar-refractivity contribution in [1.29, 1.82) is 0 Å². The fourth-order valence-corrected chi connectivity index (χ4v) is 3.44. The summed E-state index contributed by atoms with van der Waals surface area (Å²) in [4.78, 5) is 28.3. The second kappa shape index (κ2) is 6.84. The van der Waals surface area contributed by atoms with Crippen LogP contribution in [-0.4, -0.2) is 66.7 Å². The molecule has 23 heavy (non-hydrogen) atoms. The minimum Gasteiger partial charge on any atom is -0.380 e. The number of carbonyl (C=O) groups excluding carboxylic acids is 1. The average molecular weight is 319 g/mol. The summed E-state index contributed by atoms with van der Waals surface area (Å²) in [6.07, 6.45) is 2.81. The quantitative estimate of drug-likeness (QED) is 0.794. The largest absolute Gasteiger partial charge is 0.380 e. The molecule has 3 rings (SSSR count). The monoisotopic (exact) mass is 319 g/mol. The van der Waals surface area contributed by atoms with Crippen molar-refractivity contribution in [3.8, 4) is 0 Å². The normalized spacial score (nSPS) is 21.7. The Bertz CT molecular complexity index is 632. The molecule has 2 aliphatic rings. The van der Waals surface area contributed by atoms with Gasteiger partial charge in [-0.15, -0.1) is 0 Å². The third-order valence-electron chi connectivity index (χ3n) is 4.91. The molecule has 1 amide bonds. The Kier molecular flexibility index (Phi) is 4.82. The van der Waals surface area contributed by atoms with Crippen LogP contribution < -0.4 is 5.56 Å². The van der Waals surface area contributed by atoms with Crippen LogP contribution in [0.15, 0.2) is 16.9 Å². The molecule has 6 heteroatoms. The first kappa shape index (κ1) is 16.2. The standard InChI is InChI=1S/C17H25N3O3/c1-18(2)17(22)11-20-15-6-9-19(14-7-10-23-12-14)8-5-13(15)3-4-16(20)21/h3-4,14H,5-12H2,1-2H3/t14-/m0/s1. The van der Waals surface area contributed by atoms with Gasteiger partial charge in [0.05, 0.1) is 6.61 Å². The van der Waals surface area contributed by atoms with Gasteiger partial charge in [0.15, 0.2) is 0 Å². The number of fused-ring (bicyclic) bond motifs is 1. The summed E-state index contributed by atoms with van der Waals surface area (Å²) in [6, 6.07) is 4.02. The zero-order valence-electron chi connectivity index (χ0n) is 14.0. The lowest BCUT2D eigenvalue weighted by Gasteiger charge is -2.25. The van der Waals surface area contributed by atoms with Gasteiger partial charge >= 0.3 is 0 Å². The molecule has 0 bridgehead atoms. The minimum atomic E-state index is -0.0865. The second-order valence-electron chi connectivity index (χ2n) is 6.57. The molecule has 0 saturated carbocycles. The number of pyridine rings is 1. The van der Waals surface area contributed by atoms with Crippen molar-refractivity contribution >= 4 is 5.91 Å². The van der Waals surface area contributed by atoms with Gasteiger partial charge in [-0.3, -0.25) is 14.5 Å². The van der Waals surface area contributed by atoms with Gasteiger partial charge in [-0.2, -0.15) is 0 Å². The fraction of sp³-hybridized carbons (Fsp3) is 0.647. The van der Waals surface area contributed by atoms with E-state index in [0.29, 0.717) is 6.04 Å². The molecule has 1 saturated heterocycles. The van der Waals surface area contributed by atoms with Crippen LogP contribution in [0.1, 0.15) is 17.7 Å². The Morgan fingerprint density at radius 2 is 2.09 bits per heavy atom. The first-order valence-electron chi connectivity index (χ1n) is 8.30. The first-order chi connectivity index (χ1) is 11.1. The third kappa shape index (κ3) is 3.48. The summed E-state index contributed by atoms with van der Waals surface area (Å²) >= 11 is 0. The minimum absolute atomic E-state index is 0.0502. The van der Waals surface area contributed by atoms with Crippen molar-refractivity contribution in [3.05, 3.63) is 33.7 Å². The summed E-state index contributed by atoms with van der Waals surface area (Å²) in [5, 5.41) is 0. The number of likely N-dealkylation sites (N-methyl/N-ethyl adjacent to an activating group) is 1. The van der Waals surface area contributed by atoms with Crippen molar-refractivity contribution in [3.63, 3.8) is 0 Å². The Balaban J connectivity index is 1.83. The van der Waals surface area contributed by atoms with Crippen LogP contribution in [0.3, 0.4) is 0 Å². The molecule has 3 heterocycles. The van der Waals surface area contributed by atoms with Crippen molar-refractivity contribution in [2.75, 3.05) is 40.4 Å². The van der Waals surface area contributed by atoms with E-state index in [1.54, 1.807) is 24.7 Å². The molecule has 1 aromatic heterocycles. The molecule has 0 aromatic carbocycles. The highest BCUT2D eigenvalue weighted by atomic mass is 16.5. The zero-order chi connectivity index (χ0) is 16.4. The van der Waals surface area contributed by atoms with Gasteiger partial charge in [-0.25, -0.2) is 0 Å².